The lowest BCUT2D eigenvalue weighted by Crippen LogP contribution is -2.05. The molecule has 0 aliphatic rings. The number of carboxylic acid groups (broad SMARTS) is 1. The molecule has 3 rings (SSSR count). The van der Waals surface area contributed by atoms with E-state index in [4.69, 9.17) is 9.84 Å². The van der Waals surface area contributed by atoms with Gasteiger partial charge in [-0.3, -0.25) is 0 Å². The van der Waals surface area contributed by atoms with Gasteiger partial charge in [-0.15, -0.1) is 0 Å². The monoisotopic (exact) mass is 429 g/mol. The van der Waals surface area contributed by atoms with Crippen molar-refractivity contribution < 1.29 is 32.6 Å². The second kappa shape index (κ2) is 9.80. The summed E-state index contributed by atoms with van der Waals surface area (Å²) in [6.45, 7) is -0.357. The van der Waals surface area contributed by atoms with Crippen molar-refractivity contribution in [3.8, 4) is 16.9 Å². The van der Waals surface area contributed by atoms with Crippen molar-refractivity contribution in [3.63, 3.8) is 0 Å². The van der Waals surface area contributed by atoms with E-state index in [9.17, 15) is 18.0 Å². The Hall–Kier alpha value is -3.81. The normalized spacial score (nSPS) is 11.5. The summed E-state index contributed by atoms with van der Waals surface area (Å²) in [5.74, 6) is -0.519. The maximum atomic E-state index is 12.6. The van der Waals surface area contributed by atoms with Gasteiger partial charge >= 0.3 is 12.1 Å². The highest BCUT2D eigenvalue weighted by atomic mass is 19.4. The van der Waals surface area contributed by atoms with Crippen LogP contribution in [-0.2, 0) is 22.4 Å². The van der Waals surface area contributed by atoms with E-state index < -0.39 is 24.3 Å². The molecule has 0 amide bonds. The molecule has 0 heterocycles. The summed E-state index contributed by atoms with van der Waals surface area (Å²) < 4.78 is 43.5. The maximum Gasteiger partial charge on any atom is 0.416 e. The van der Waals surface area contributed by atoms with Crippen molar-refractivity contribution in [1.82, 2.24) is 0 Å². The summed E-state index contributed by atoms with van der Waals surface area (Å²) in [5, 5.41) is 12.1. The molecule has 5 nitrogen and oxygen atoms in total. The van der Waals surface area contributed by atoms with Crippen LogP contribution in [0.3, 0.4) is 0 Å². The highest BCUT2D eigenvalue weighted by Crippen LogP contribution is 2.29. The lowest BCUT2D eigenvalue weighted by atomic mass is 10.0. The van der Waals surface area contributed by atoms with Crippen LogP contribution in [0.25, 0.3) is 11.1 Å². The molecule has 0 aliphatic carbocycles. The van der Waals surface area contributed by atoms with Crippen molar-refractivity contribution >= 4 is 12.2 Å². The highest BCUT2D eigenvalue weighted by Gasteiger charge is 2.29. The van der Waals surface area contributed by atoms with E-state index in [-0.39, 0.29) is 6.61 Å². The number of alkyl halides is 3. The number of nitrogens with zero attached hydrogens (tertiary/aromatic N) is 1. The number of rotatable bonds is 8. The Morgan fingerprint density at radius 2 is 1.68 bits per heavy atom. The van der Waals surface area contributed by atoms with Gasteiger partial charge in [0, 0.05) is 0 Å². The summed E-state index contributed by atoms with van der Waals surface area (Å²) >= 11 is 0. The standard InChI is InChI=1S/C23H18F3NO4/c24-23(25,26)20-8-4-16(5-9-20)14-30-21-10-6-18(7-11-21)19-3-1-2-17(12-19)13-27-31-15-22(28)29/h1-13H,14-15H2,(H,28,29). The average Bonchev–Trinajstić information content (AvgIpc) is 2.75. The van der Waals surface area contributed by atoms with Gasteiger partial charge < -0.3 is 14.7 Å². The van der Waals surface area contributed by atoms with Gasteiger partial charge in [0.25, 0.3) is 0 Å². The number of halogens is 3. The van der Waals surface area contributed by atoms with E-state index in [0.29, 0.717) is 11.3 Å². The van der Waals surface area contributed by atoms with Crippen LogP contribution in [-0.4, -0.2) is 23.9 Å². The fourth-order valence-corrected chi connectivity index (χ4v) is 2.69. The van der Waals surface area contributed by atoms with Gasteiger partial charge in [0.15, 0.2) is 0 Å². The SMILES string of the molecule is O=C(O)CON=Cc1cccc(-c2ccc(OCc3ccc(C(F)(F)F)cc3)cc2)c1. The Labute approximate surface area is 176 Å². The second-order valence-electron chi connectivity index (χ2n) is 6.53. The number of oxime groups is 1. The van der Waals surface area contributed by atoms with Crippen molar-refractivity contribution in [2.24, 2.45) is 5.16 Å². The maximum absolute atomic E-state index is 12.6. The summed E-state index contributed by atoms with van der Waals surface area (Å²) in [6, 6.07) is 19.5. The molecule has 0 saturated carbocycles. The third kappa shape index (κ3) is 6.60. The minimum absolute atomic E-state index is 0.153. The first-order chi connectivity index (χ1) is 14.8. The van der Waals surface area contributed by atoms with Gasteiger partial charge in [0.05, 0.1) is 11.8 Å². The Kier molecular flexibility index (Phi) is 6.92. The zero-order chi connectivity index (χ0) is 22.3. The van der Waals surface area contributed by atoms with E-state index in [2.05, 4.69) is 9.99 Å². The fraction of sp³-hybridized carbons (Fsp3) is 0.130. The van der Waals surface area contributed by atoms with Gasteiger partial charge in [0.2, 0.25) is 6.61 Å². The fourth-order valence-electron chi connectivity index (χ4n) is 2.69. The van der Waals surface area contributed by atoms with E-state index >= 15 is 0 Å². The summed E-state index contributed by atoms with van der Waals surface area (Å²) in [5.41, 5.74) is 2.51. The number of aliphatic carboxylic acids is 1. The number of benzene rings is 3. The molecule has 0 spiro atoms. The first-order valence-electron chi connectivity index (χ1n) is 9.18. The van der Waals surface area contributed by atoms with Gasteiger partial charge in [-0.25, -0.2) is 4.79 Å². The molecule has 0 aromatic heterocycles. The molecular weight excluding hydrogens is 411 g/mol. The summed E-state index contributed by atoms with van der Waals surface area (Å²) in [4.78, 5) is 15.0. The predicted molar refractivity (Wildman–Crippen MR) is 109 cm³/mol. The molecule has 0 aliphatic heterocycles. The van der Waals surface area contributed by atoms with Crippen molar-refractivity contribution in [2.45, 2.75) is 12.8 Å². The van der Waals surface area contributed by atoms with Crippen LogP contribution in [0.1, 0.15) is 16.7 Å². The zero-order valence-corrected chi connectivity index (χ0v) is 16.2. The molecule has 0 radical (unpaired) electrons. The Morgan fingerprint density at radius 3 is 2.32 bits per heavy atom. The first-order valence-corrected chi connectivity index (χ1v) is 9.18. The molecule has 0 unspecified atom stereocenters. The van der Waals surface area contributed by atoms with Gasteiger partial charge in [0.1, 0.15) is 12.4 Å². The second-order valence-corrected chi connectivity index (χ2v) is 6.53. The van der Waals surface area contributed by atoms with Crippen LogP contribution in [0.2, 0.25) is 0 Å². The predicted octanol–water partition coefficient (Wildman–Crippen LogP) is 5.39. The van der Waals surface area contributed by atoms with Crippen molar-refractivity contribution in [2.75, 3.05) is 6.61 Å². The number of hydrogen-bond acceptors (Lipinski definition) is 4. The van der Waals surface area contributed by atoms with Gasteiger partial charge in [-0.05, 0) is 52.6 Å². The third-order valence-electron chi connectivity index (χ3n) is 4.23. The van der Waals surface area contributed by atoms with Crippen molar-refractivity contribution in [3.05, 3.63) is 89.5 Å². The molecule has 0 bridgehead atoms. The molecule has 31 heavy (non-hydrogen) atoms. The van der Waals surface area contributed by atoms with E-state index in [1.54, 1.807) is 18.2 Å². The Morgan fingerprint density at radius 1 is 0.968 bits per heavy atom. The molecule has 0 atom stereocenters. The molecule has 8 heteroatoms. The van der Waals surface area contributed by atoms with E-state index in [0.717, 1.165) is 28.8 Å². The van der Waals surface area contributed by atoms with Crippen LogP contribution in [0.5, 0.6) is 5.75 Å². The van der Waals surface area contributed by atoms with Crippen LogP contribution < -0.4 is 4.74 Å². The molecular formula is C23H18F3NO4. The highest BCUT2D eigenvalue weighted by molar-refractivity contribution is 5.82. The molecule has 0 saturated heterocycles. The van der Waals surface area contributed by atoms with Crippen LogP contribution in [0.15, 0.2) is 78.0 Å². The number of carbonyl (C=O) groups is 1. The van der Waals surface area contributed by atoms with Crippen LogP contribution >= 0.6 is 0 Å². The summed E-state index contributed by atoms with van der Waals surface area (Å²) in [6.07, 6.45) is -2.93. The number of ether oxygens (including phenoxy) is 1. The first kappa shape index (κ1) is 21.9. The van der Waals surface area contributed by atoms with E-state index in [1.807, 2.05) is 30.3 Å². The van der Waals surface area contributed by atoms with Crippen LogP contribution in [0, 0.1) is 0 Å². The van der Waals surface area contributed by atoms with Crippen LogP contribution in [0.4, 0.5) is 13.2 Å². The topological polar surface area (TPSA) is 68.1 Å². The van der Waals surface area contributed by atoms with Crippen molar-refractivity contribution in [1.29, 1.82) is 0 Å². The lowest BCUT2D eigenvalue weighted by Gasteiger charge is -2.10. The molecule has 3 aromatic rings. The van der Waals surface area contributed by atoms with Gasteiger partial charge in [-0.2, -0.15) is 13.2 Å². The minimum atomic E-state index is -4.36. The average molecular weight is 429 g/mol. The molecule has 160 valence electrons. The molecule has 1 N–H and O–H groups in total. The molecule has 0 fully saturated rings. The zero-order valence-electron chi connectivity index (χ0n) is 16.2. The van der Waals surface area contributed by atoms with Gasteiger partial charge in [-0.1, -0.05) is 47.6 Å². The summed E-state index contributed by atoms with van der Waals surface area (Å²) in [7, 11) is 0. The van der Waals surface area contributed by atoms with E-state index in [1.165, 1.54) is 18.3 Å². The largest absolute Gasteiger partial charge is 0.489 e. The smallest absolute Gasteiger partial charge is 0.416 e. The molecule has 3 aromatic carbocycles. The minimum Gasteiger partial charge on any atom is -0.489 e. The number of carboxylic acids is 1. The quantitative estimate of drug-likeness (QED) is 0.385. The lowest BCUT2D eigenvalue weighted by molar-refractivity contribution is -0.142. The third-order valence-corrected chi connectivity index (χ3v) is 4.23. The Balaban J connectivity index is 1.60. The Bertz CT molecular complexity index is 1050. The number of hydrogen-bond donors (Lipinski definition) is 1.